The summed E-state index contributed by atoms with van der Waals surface area (Å²) in [6.07, 6.45) is 0.605. The molecular weight excluding hydrogens is 326 g/mol. The Labute approximate surface area is 153 Å². The van der Waals surface area contributed by atoms with Crippen molar-refractivity contribution in [2.24, 2.45) is 11.3 Å². The number of hydrogen-bond acceptors (Lipinski definition) is 5. The third-order valence-corrected chi connectivity index (χ3v) is 5.30. The Morgan fingerprint density at radius 2 is 1.81 bits per heavy atom. The average molecular weight is 351 g/mol. The first-order chi connectivity index (χ1) is 12.4. The zero-order valence-electron chi connectivity index (χ0n) is 15.5. The smallest absolute Gasteiger partial charge is 0.185 e. The Kier molecular flexibility index (Phi) is 4.15. The van der Waals surface area contributed by atoms with Crippen LogP contribution >= 0.6 is 0 Å². The van der Waals surface area contributed by atoms with Crippen molar-refractivity contribution in [1.29, 1.82) is 0 Å². The first-order valence-corrected chi connectivity index (χ1v) is 9.14. The lowest BCUT2D eigenvalue weighted by Gasteiger charge is -2.42. The molecule has 6 heteroatoms. The van der Waals surface area contributed by atoms with E-state index in [-0.39, 0.29) is 11.5 Å². The van der Waals surface area contributed by atoms with Gasteiger partial charge in [-0.1, -0.05) is 51.1 Å². The molecular formula is C20H25N5O. The van der Waals surface area contributed by atoms with Crippen LogP contribution in [0.1, 0.15) is 27.2 Å². The van der Waals surface area contributed by atoms with E-state index in [0.29, 0.717) is 12.5 Å². The molecule has 26 heavy (non-hydrogen) atoms. The number of aliphatic hydroxyl groups excluding tert-OH is 1. The predicted octanol–water partition coefficient (Wildman–Crippen LogP) is 3.02. The molecule has 0 amide bonds. The van der Waals surface area contributed by atoms with Gasteiger partial charge in [-0.15, -0.1) is 15.3 Å². The molecule has 0 aliphatic carbocycles. The number of β-amino-alcohol motifs (C(OH)–C–C–N with tert-alkyl or cyclic N) is 1. The van der Waals surface area contributed by atoms with E-state index in [9.17, 15) is 5.11 Å². The molecule has 0 saturated carbocycles. The number of anilines is 1. The second-order valence-corrected chi connectivity index (χ2v) is 8.13. The Morgan fingerprint density at radius 3 is 2.50 bits per heavy atom. The first kappa shape index (κ1) is 17.0. The number of aliphatic hydroxyl groups is 1. The van der Waals surface area contributed by atoms with Crippen LogP contribution in [0.25, 0.3) is 17.0 Å². The normalized spacial score (nSPS) is 21.3. The van der Waals surface area contributed by atoms with Crippen molar-refractivity contribution in [2.45, 2.75) is 33.3 Å². The molecule has 2 aromatic heterocycles. The lowest BCUT2D eigenvalue weighted by molar-refractivity contribution is 0.0291. The van der Waals surface area contributed by atoms with Crippen molar-refractivity contribution in [3.63, 3.8) is 0 Å². The first-order valence-electron chi connectivity index (χ1n) is 9.14. The monoisotopic (exact) mass is 351 g/mol. The van der Waals surface area contributed by atoms with Crippen LogP contribution in [-0.2, 0) is 0 Å². The highest BCUT2D eigenvalue weighted by molar-refractivity contribution is 5.59. The van der Waals surface area contributed by atoms with Gasteiger partial charge >= 0.3 is 0 Å². The molecule has 0 bridgehead atoms. The van der Waals surface area contributed by atoms with Gasteiger partial charge in [0, 0.05) is 18.7 Å². The van der Waals surface area contributed by atoms with Gasteiger partial charge in [0.05, 0.1) is 6.10 Å². The zero-order chi connectivity index (χ0) is 18.3. The molecule has 0 spiro atoms. The van der Waals surface area contributed by atoms with Gasteiger partial charge in [-0.25, -0.2) is 0 Å². The van der Waals surface area contributed by atoms with Crippen LogP contribution in [0.3, 0.4) is 0 Å². The minimum atomic E-state index is -0.351. The highest BCUT2D eigenvalue weighted by Crippen LogP contribution is 2.35. The number of piperidine rings is 1. The minimum absolute atomic E-state index is 0.109. The SMILES string of the molecule is CC(C)(C)C1CCN(c2ccc3nnc(-c4ccccc4)n3n2)CC1O. The maximum absolute atomic E-state index is 10.6. The Balaban J connectivity index is 1.64. The highest BCUT2D eigenvalue weighted by Gasteiger charge is 2.36. The number of hydrogen-bond donors (Lipinski definition) is 1. The van der Waals surface area contributed by atoms with Gasteiger partial charge in [0.25, 0.3) is 0 Å². The number of rotatable bonds is 2. The summed E-state index contributed by atoms with van der Waals surface area (Å²) in [5, 5.41) is 23.9. The lowest BCUT2D eigenvalue weighted by atomic mass is 9.74. The van der Waals surface area contributed by atoms with Gasteiger partial charge in [0.15, 0.2) is 11.5 Å². The van der Waals surface area contributed by atoms with E-state index in [1.54, 1.807) is 4.52 Å². The minimum Gasteiger partial charge on any atom is -0.391 e. The molecule has 1 aliphatic heterocycles. The topological polar surface area (TPSA) is 66.6 Å². The number of nitrogens with zero attached hydrogens (tertiary/aromatic N) is 5. The van der Waals surface area contributed by atoms with Crippen LogP contribution in [0.5, 0.6) is 0 Å². The van der Waals surface area contributed by atoms with E-state index in [0.717, 1.165) is 35.8 Å². The van der Waals surface area contributed by atoms with Crippen LogP contribution < -0.4 is 4.90 Å². The molecule has 3 aromatic rings. The van der Waals surface area contributed by atoms with Crippen molar-refractivity contribution >= 4 is 11.5 Å². The van der Waals surface area contributed by atoms with E-state index in [4.69, 9.17) is 5.10 Å². The van der Waals surface area contributed by atoms with Gasteiger partial charge in [-0.05, 0) is 29.9 Å². The van der Waals surface area contributed by atoms with Crippen LogP contribution in [-0.4, -0.2) is 44.1 Å². The van der Waals surface area contributed by atoms with Crippen molar-refractivity contribution < 1.29 is 5.11 Å². The second-order valence-electron chi connectivity index (χ2n) is 8.13. The average Bonchev–Trinajstić information content (AvgIpc) is 3.04. The fourth-order valence-electron chi connectivity index (χ4n) is 3.86. The summed E-state index contributed by atoms with van der Waals surface area (Å²) in [6.45, 7) is 8.09. The van der Waals surface area contributed by atoms with Gasteiger partial charge in [-0.2, -0.15) is 4.52 Å². The number of fused-ring (bicyclic) bond motifs is 1. The molecule has 3 heterocycles. The summed E-state index contributed by atoms with van der Waals surface area (Å²) >= 11 is 0. The maximum Gasteiger partial charge on any atom is 0.185 e. The molecule has 1 aromatic carbocycles. The summed E-state index contributed by atoms with van der Waals surface area (Å²) in [4.78, 5) is 2.15. The van der Waals surface area contributed by atoms with Crippen LogP contribution in [0.2, 0.25) is 0 Å². The Bertz CT molecular complexity index is 899. The largest absolute Gasteiger partial charge is 0.391 e. The summed E-state index contributed by atoms with van der Waals surface area (Å²) in [5.41, 5.74) is 1.81. The van der Waals surface area contributed by atoms with E-state index in [1.165, 1.54) is 0 Å². The molecule has 4 rings (SSSR count). The predicted molar refractivity (Wildman–Crippen MR) is 102 cm³/mol. The third kappa shape index (κ3) is 3.05. The molecule has 1 fully saturated rings. The summed E-state index contributed by atoms with van der Waals surface area (Å²) < 4.78 is 1.78. The molecule has 0 radical (unpaired) electrons. The molecule has 136 valence electrons. The van der Waals surface area contributed by atoms with Gasteiger partial charge < -0.3 is 10.0 Å². The standard InChI is InChI=1S/C20H25N5O/c1-20(2,3)15-11-12-24(13-16(15)26)18-10-9-17-21-22-19(25(17)23-18)14-7-5-4-6-8-14/h4-10,15-16,26H,11-13H2,1-3H3. The van der Waals surface area contributed by atoms with Crippen molar-refractivity contribution in [2.75, 3.05) is 18.0 Å². The molecule has 1 N–H and O–H groups in total. The molecule has 2 atom stereocenters. The van der Waals surface area contributed by atoms with E-state index < -0.39 is 0 Å². The molecule has 1 saturated heterocycles. The summed E-state index contributed by atoms with van der Waals surface area (Å²) in [6, 6.07) is 13.8. The molecule has 6 nitrogen and oxygen atoms in total. The Hall–Kier alpha value is -2.47. The van der Waals surface area contributed by atoms with E-state index in [2.05, 4.69) is 35.9 Å². The summed E-state index contributed by atoms with van der Waals surface area (Å²) in [7, 11) is 0. The van der Waals surface area contributed by atoms with Crippen molar-refractivity contribution in [3.8, 4) is 11.4 Å². The van der Waals surface area contributed by atoms with Gasteiger partial charge in [-0.3, -0.25) is 0 Å². The quantitative estimate of drug-likeness (QED) is 0.769. The fraction of sp³-hybridized carbons (Fsp3) is 0.450. The Morgan fingerprint density at radius 1 is 1.04 bits per heavy atom. The van der Waals surface area contributed by atoms with Crippen LogP contribution in [0, 0.1) is 11.3 Å². The number of aromatic nitrogens is 4. The maximum atomic E-state index is 10.6. The summed E-state index contributed by atoms with van der Waals surface area (Å²) in [5.74, 6) is 1.88. The van der Waals surface area contributed by atoms with E-state index in [1.807, 2.05) is 42.5 Å². The molecule has 2 unspecified atom stereocenters. The zero-order valence-corrected chi connectivity index (χ0v) is 15.5. The van der Waals surface area contributed by atoms with Crippen LogP contribution in [0.4, 0.5) is 5.82 Å². The third-order valence-electron chi connectivity index (χ3n) is 5.30. The highest BCUT2D eigenvalue weighted by atomic mass is 16.3. The van der Waals surface area contributed by atoms with Gasteiger partial charge in [0.2, 0.25) is 0 Å². The second kappa shape index (κ2) is 6.36. The van der Waals surface area contributed by atoms with Crippen LogP contribution in [0.15, 0.2) is 42.5 Å². The van der Waals surface area contributed by atoms with Gasteiger partial charge in [0.1, 0.15) is 5.82 Å². The fourth-order valence-corrected chi connectivity index (χ4v) is 3.86. The lowest BCUT2D eigenvalue weighted by Crippen LogP contribution is -2.48. The van der Waals surface area contributed by atoms with Crippen molar-refractivity contribution in [1.82, 2.24) is 19.8 Å². The molecule has 1 aliphatic rings. The van der Waals surface area contributed by atoms with E-state index >= 15 is 0 Å². The van der Waals surface area contributed by atoms with Crippen molar-refractivity contribution in [3.05, 3.63) is 42.5 Å². The number of benzene rings is 1.